The van der Waals surface area contributed by atoms with Crippen molar-refractivity contribution in [3.8, 4) is 5.75 Å². The summed E-state index contributed by atoms with van der Waals surface area (Å²) >= 11 is 13.1. The average molecular weight is 415 g/mol. The standard InChI is InChI=1S/C21H25Cl2FO3/c1-20(2,3)27-19(25)14-6-15(22)17(7-16(14)24)26-18-12-4-11-5-13(18)10-21(23,8-11)9-12/h6-7,11-13,18H,4-5,8-10H2,1-3H3/t11?,12?,13?,18-,21-. The molecule has 3 nitrogen and oxygen atoms in total. The van der Waals surface area contributed by atoms with Gasteiger partial charge in [0.05, 0.1) is 10.6 Å². The van der Waals surface area contributed by atoms with Crippen molar-refractivity contribution in [2.45, 2.75) is 69.5 Å². The molecular weight excluding hydrogens is 390 g/mol. The molecule has 27 heavy (non-hydrogen) atoms. The Morgan fingerprint density at radius 2 is 1.81 bits per heavy atom. The highest BCUT2D eigenvalue weighted by Crippen LogP contribution is 2.59. The van der Waals surface area contributed by atoms with E-state index in [0.717, 1.165) is 32.1 Å². The molecule has 0 spiro atoms. The van der Waals surface area contributed by atoms with Gasteiger partial charge in [-0.05, 0) is 76.7 Å². The van der Waals surface area contributed by atoms with E-state index in [0.29, 0.717) is 23.5 Å². The molecule has 2 atom stereocenters. The van der Waals surface area contributed by atoms with E-state index >= 15 is 0 Å². The zero-order chi connectivity index (χ0) is 19.6. The average Bonchev–Trinajstić information content (AvgIpc) is 2.50. The second-order valence-electron chi connectivity index (χ2n) is 9.47. The van der Waals surface area contributed by atoms with Gasteiger partial charge in [-0.2, -0.15) is 0 Å². The van der Waals surface area contributed by atoms with Gasteiger partial charge in [0, 0.05) is 10.9 Å². The summed E-state index contributed by atoms with van der Waals surface area (Å²) in [6.07, 6.45) is 5.24. The number of carbonyl (C=O) groups excluding carboxylic acids is 1. The number of esters is 1. The Hall–Kier alpha value is -1.00. The summed E-state index contributed by atoms with van der Waals surface area (Å²) < 4.78 is 26.0. The Bertz CT molecular complexity index is 757. The monoisotopic (exact) mass is 414 g/mol. The molecule has 0 aliphatic heterocycles. The van der Waals surface area contributed by atoms with Crippen LogP contribution in [0.1, 0.15) is 63.2 Å². The first kappa shape index (κ1) is 19.3. The SMILES string of the molecule is CC(C)(C)OC(=O)c1cc(Cl)c(O[C@H]2C3CC4CC2C[C@](Cl)(C4)C3)cc1F. The third-order valence-corrected chi connectivity index (χ3v) is 6.77. The first-order valence-electron chi connectivity index (χ1n) is 9.61. The summed E-state index contributed by atoms with van der Waals surface area (Å²) in [7, 11) is 0. The largest absolute Gasteiger partial charge is 0.488 e. The van der Waals surface area contributed by atoms with Crippen LogP contribution in [0.5, 0.6) is 5.75 Å². The lowest BCUT2D eigenvalue weighted by molar-refractivity contribution is -0.0697. The fourth-order valence-electron chi connectivity index (χ4n) is 5.33. The van der Waals surface area contributed by atoms with Crippen molar-refractivity contribution in [2.75, 3.05) is 0 Å². The van der Waals surface area contributed by atoms with Crippen molar-refractivity contribution in [1.82, 2.24) is 0 Å². The van der Waals surface area contributed by atoms with E-state index in [2.05, 4.69) is 0 Å². The lowest BCUT2D eigenvalue weighted by Crippen LogP contribution is -2.56. The zero-order valence-electron chi connectivity index (χ0n) is 15.9. The second-order valence-corrected chi connectivity index (χ2v) is 10.7. The molecular formula is C21H25Cl2FO3. The number of hydrogen-bond acceptors (Lipinski definition) is 3. The van der Waals surface area contributed by atoms with E-state index in [1.807, 2.05) is 0 Å². The second kappa shape index (κ2) is 6.52. The van der Waals surface area contributed by atoms with E-state index in [9.17, 15) is 9.18 Å². The molecule has 4 fully saturated rings. The maximum atomic E-state index is 14.6. The minimum absolute atomic E-state index is 0.0118. The van der Waals surface area contributed by atoms with Crippen LogP contribution >= 0.6 is 23.2 Å². The van der Waals surface area contributed by atoms with Crippen molar-refractivity contribution < 1.29 is 18.7 Å². The minimum atomic E-state index is -0.729. The molecule has 0 N–H and O–H groups in total. The highest BCUT2D eigenvalue weighted by atomic mass is 35.5. The molecule has 1 aromatic carbocycles. The van der Waals surface area contributed by atoms with Gasteiger partial charge < -0.3 is 9.47 Å². The Morgan fingerprint density at radius 3 is 2.37 bits per heavy atom. The minimum Gasteiger partial charge on any atom is -0.488 e. The summed E-state index contributed by atoms with van der Waals surface area (Å²) in [5.41, 5.74) is -0.879. The van der Waals surface area contributed by atoms with Crippen LogP contribution in [-0.2, 0) is 4.74 Å². The fourth-order valence-corrected chi connectivity index (χ4v) is 6.15. The van der Waals surface area contributed by atoms with Crippen molar-refractivity contribution in [3.63, 3.8) is 0 Å². The quantitative estimate of drug-likeness (QED) is 0.449. The number of rotatable bonds is 3. The maximum Gasteiger partial charge on any atom is 0.341 e. The van der Waals surface area contributed by atoms with Crippen LogP contribution in [0.15, 0.2) is 12.1 Å². The smallest absolute Gasteiger partial charge is 0.341 e. The Balaban J connectivity index is 1.54. The molecule has 0 heterocycles. The number of benzene rings is 1. The van der Waals surface area contributed by atoms with E-state index < -0.39 is 17.4 Å². The van der Waals surface area contributed by atoms with Crippen molar-refractivity contribution >= 4 is 29.2 Å². The Morgan fingerprint density at radius 1 is 1.19 bits per heavy atom. The number of carbonyl (C=O) groups is 1. The highest BCUT2D eigenvalue weighted by molar-refractivity contribution is 6.32. The van der Waals surface area contributed by atoms with Crippen LogP contribution < -0.4 is 4.74 Å². The van der Waals surface area contributed by atoms with Gasteiger partial charge in [-0.15, -0.1) is 11.6 Å². The number of alkyl halides is 1. The maximum absolute atomic E-state index is 14.6. The van der Waals surface area contributed by atoms with E-state index in [1.54, 1.807) is 20.8 Å². The first-order valence-corrected chi connectivity index (χ1v) is 10.4. The van der Waals surface area contributed by atoms with Crippen LogP contribution in [0.25, 0.3) is 0 Å². The molecule has 1 aromatic rings. The van der Waals surface area contributed by atoms with Crippen LogP contribution in [0.3, 0.4) is 0 Å². The molecule has 0 aromatic heterocycles. The van der Waals surface area contributed by atoms with Gasteiger partial charge >= 0.3 is 5.97 Å². The van der Waals surface area contributed by atoms with Crippen molar-refractivity contribution in [3.05, 3.63) is 28.5 Å². The zero-order valence-corrected chi connectivity index (χ0v) is 17.4. The van der Waals surface area contributed by atoms with Gasteiger partial charge in [-0.25, -0.2) is 9.18 Å². The van der Waals surface area contributed by atoms with Crippen LogP contribution in [0.4, 0.5) is 4.39 Å². The predicted octanol–water partition coefficient (Wildman–Crippen LogP) is 6.00. The highest BCUT2D eigenvalue weighted by Gasteiger charge is 2.55. The van der Waals surface area contributed by atoms with E-state index in [-0.39, 0.29) is 21.6 Å². The third-order valence-electron chi connectivity index (χ3n) is 6.02. The van der Waals surface area contributed by atoms with Gasteiger partial charge in [-0.1, -0.05) is 11.6 Å². The molecule has 0 radical (unpaired) electrons. The molecule has 4 aliphatic carbocycles. The van der Waals surface area contributed by atoms with Crippen LogP contribution in [0, 0.1) is 23.6 Å². The van der Waals surface area contributed by atoms with E-state index in [1.165, 1.54) is 12.1 Å². The molecule has 4 saturated carbocycles. The van der Waals surface area contributed by atoms with Crippen LogP contribution in [-0.4, -0.2) is 22.5 Å². The predicted molar refractivity (Wildman–Crippen MR) is 103 cm³/mol. The topological polar surface area (TPSA) is 35.5 Å². The summed E-state index contributed by atoms with van der Waals surface area (Å²) in [4.78, 5) is 12.1. The number of halogens is 3. The Labute approximate surface area is 169 Å². The molecule has 6 heteroatoms. The van der Waals surface area contributed by atoms with Gasteiger partial charge in [0.2, 0.25) is 0 Å². The molecule has 148 valence electrons. The molecule has 4 aliphatic rings. The van der Waals surface area contributed by atoms with Crippen molar-refractivity contribution in [1.29, 1.82) is 0 Å². The van der Waals surface area contributed by atoms with Crippen molar-refractivity contribution in [2.24, 2.45) is 17.8 Å². The summed E-state index contributed by atoms with van der Waals surface area (Å²) in [6, 6.07) is 2.52. The summed E-state index contributed by atoms with van der Waals surface area (Å²) in [5.74, 6) is 0.342. The molecule has 5 rings (SSSR count). The Kier molecular flexibility index (Phi) is 4.67. The molecule has 0 amide bonds. The number of ether oxygens (including phenoxy) is 2. The lowest BCUT2D eigenvalue weighted by atomic mass is 9.54. The lowest BCUT2D eigenvalue weighted by Gasteiger charge is -2.57. The normalized spacial score (nSPS) is 34.6. The summed E-state index contributed by atoms with van der Waals surface area (Å²) in [6.45, 7) is 5.20. The van der Waals surface area contributed by atoms with Crippen LogP contribution in [0.2, 0.25) is 5.02 Å². The fraction of sp³-hybridized carbons (Fsp3) is 0.667. The van der Waals surface area contributed by atoms with Gasteiger partial charge in [0.1, 0.15) is 23.3 Å². The van der Waals surface area contributed by atoms with Gasteiger partial charge in [0.25, 0.3) is 0 Å². The molecule has 2 unspecified atom stereocenters. The summed E-state index contributed by atoms with van der Waals surface area (Å²) in [5, 5.41) is 0.228. The first-order chi connectivity index (χ1) is 12.5. The van der Waals surface area contributed by atoms with E-state index in [4.69, 9.17) is 32.7 Å². The molecule has 4 bridgehead atoms. The molecule has 0 saturated heterocycles. The number of hydrogen-bond donors (Lipinski definition) is 0. The van der Waals surface area contributed by atoms with Gasteiger partial charge in [0.15, 0.2) is 0 Å². The third kappa shape index (κ3) is 3.80. The van der Waals surface area contributed by atoms with Gasteiger partial charge in [-0.3, -0.25) is 0 Å².